The van der Waals surface area contributed by atoms with Crippen molar-refractivity contribution < 1.29 is 4.21 Å². The monoisotopic (exact) mass is 284 g/mol. The van der Waals surface area contributed by atoms with Crippen LogP contribution in [0.25, 0.3) is 0 Å². The van der Waals surface area contributed by atoms with Gasteiger partial charge in [-0.1, -0.05) is 17.7 Å². The smallest absolute Gasteiger partial charge is 0.266 e. The highest BCUT2D eigenvalue weighted by Crippen LogP contribution is 2.17. The normalized spacial score (nSPS) is 17.0. The van der Waals surface area contributed by atoms with E-state index in [1.165, 1.54) is 10.7 Å². The molecule has 0 saturated carbocycles. The first-order valence-corrected chi connectivity index (χ1v) is 7.12. The summed E-state index contributed by atoms with van der Waals surface area (Å²) in [6.07, 6.45) is 7.85. The number of hydrogen-bond donors (Lipinski definition) is 1. The fourth-order valence-electron chi connectivity index (χ4n) is 1.58. The van der Waals surface area contributed by atoms with Gasteiger partial charge in [0.1, 0.15) is 0 Å². The molecule has 1 atom stereocenters. The summed E-state index contributed by atoms with van der Waals surface area (Å²) in [7, 11) is 0.436. The standard InChI is InChI=1S/C12H13ClN2O2S/c1-15-12(16)7-10(14-15)8-18(17)11-4-2-3-9(13)5-6-11/h2,4-7,14H,3,8H2,1H3. The van der Waals surface area contributed by atoms with Crippen LogP contribution in [-0.4, -0.2) is 14.0 Å². The van der Waals surface area contributed by atoms with Gasteiger partial charge in [0.15, 0.2) is 0 Å². The second-order valence-corrected chi connectivity index (χ2v) is 5.89. The second kappa shape index (κ2) is 5.54. The van der Waals surface area contributed by atoms with Gasteiger partial charge in [-0.15, -0.1) is 0 Å². The third-order valence-corrected chi connectivity index (χ3v) is 4.16. The highest BCUT2D eigenvalue weighted by atomic mass is 35.5. The van der Waals surface area contributed by atoms with Crippen molar-refractivity contribution in [2.75, 3.05) is 0 Å². The molecule has 1 aliphatic carbocycles. The molecule has 1 unspecified atom stereocenters. The fraction of sp³-hybridized carbons (Fsp3) is 0.250. The maximum atomic E-state index is 12.1. The van der Waals surface area contributed by atoms with Crippen LogP contribution in [0.4, 0.5) is 0 Å². The van der Waals surface area contributed by atoms with E-state index in [0.717, 1.165) is 0 Å². The zero-order valence-corrected chi connectivity index (χ0v) is 11.4. The lowest BCUT2D eigenvalue weighted by molar-refractivity contribution is 0.684. The lowest BCUT2D eigenvalue weighted by Crippen LogP contribution is -2.09. The molecule has 0 amide bonds. The molecule has 96 valence electrons. The number of H-pyrrole nitrogens is 1. The number of rotatable bonds is 3. The van der Waals surface area contributed by atoms with Crippen molar-refractivity contribution >= 4 is 22.4 Å². The quantitative estimate of drug-likeness (QED) is 0.922. The molecule has 0 aliphatic heterocycles. The van der Waals surface area contributed by atoms with Crippen molar-refractivity contribution in [2.45, 2.75) is 12.2 Å². The number of aromatic amines is 1. The Kier molecular flexibility index (Phi) is 4.04. The van der Waals surface area contributed by atoms with E-state index in [-0.39, 0.29) is 11.3 Å². The number of allylic oxidation sites excluding steroid dienone is 5. The molecule has 4 nitrogen and oxygen atoms in total. The highest BCUT2D eigenvalue weighted by Gasteiger charge is 2.09. The first-order chi connectivity index (χ1) is 8.56. The van der Waals surface area contributed by atoms with Gasteiger partial charge < -0.3 is 0 Å². The number of aryl methyl sites for hydroxylation is 1. The molecular weight excluding hydrogens is 272 g/mol. The Balaban J connectivity index is 2.15. The topological polar surface area (TPSA) is 54.9 Å². The number of halogens is 1. The third-order valence-electron chi connectivity index (χ3n) is 2.51. The Hall–Kier alpha value is -1.33. The van der Waals surface area contributed by atoms with Gasteiger partial charge in [-0.2, -0.15) is 0 Å². The summed E-state index contributed by atoms with van der Waals surface area (Å²) >= 11 is 5.89. The molecule has 2 rings (SSSR count). The molecule has 0 spiro atoms. The van der Waals surface area contributed by atoms with Crippen molar-refractivity contribution in [1.82, 2.24) is 9.78 Å². The molecular formula is C12H13ClN2O2S. The first-order valence-electron chi connectivity index (χ1n) is 5.42. The Labute approximate surface area is 112 Å². The average Bonchev–Trinajstić information content (AvgIpc) is 2.53. The van der Waals surface area contributed by atoms with Crippen LogP contribution in [0.1, 0.15) is 12.1 Å². The maximum Gasteiger partial charge on any atom is 0.266 e. The summed E-state index contributed by atoms with van der Waals surface area (Å²) in [4.78, 5) is 12.0. The zero-order valence-electron chi connectivity index (χ0n) is 9.85. The molecule has 1 aliphatic rings. The van der Waals surface area contributed by atoms with E-state index in [1.54, 1.807) is 19.2 Å². The van der Waals surface area contributed by atoms with Crippen LogP contribution in [0, 0.1) is 0 Å². The van der Waals surface area contributed by atoms with Crippen LogP contribution in [0.15, 0.2) is 45.1 Å². The van der Waals surface area contributed by atoms with E-state index in [2.05, 4.69) is 5.10 Å². The SMILES string of the molecule is Cn1[nH]c(CS(=O)C2=CC=C(Cl)CC=C2)cc1=O. The summed E-state index contributed by atoms with van der Waals surface area (Å²) in [5.41, 5.74) is 0.532. The Morgan fingerprint density at radius 1 is 1.50 bits per heavy atom. The van der Waals surface area contributed by atoms with Crippen LogP contribution in [0.2, 0.25) is 0 Å². The summed E-state index contributed by atoms with van der Waals surface area (Å²) < 4.78 is 13.5. The molecule has 0 radical (unpaired) electrons. The van der Waals surface area contributed by atoms with Gasteiger partial charge in [-0.05, 0) is 18.2 Å². The summed E-state index contributed by atoms with van der Waals surface area (Å²) in [5.74, 6) is 0.289. The molecule has 6 heteroatoms. The molecule has 1 N–H and O–H groups in total. The van der Waals surface area contributed by atoms with Crippen LogP contribution >= 0.6 is 11.6 Å². The van der Waals surface area contributed by atoms with Crippen molar-refractivity contribution in [1.29, 1.82) is 0 Å². The molecule has 0 aromatic carbocycles. The molecule has 1 heterocycles. The van der Waals surface area contributed by atoms with E-state index < -0.39 is 10.8 Å². The van der Waals surface area contributed by atoms with E-state index in [1.807, 2.05) is 12.2 Å². The molecule has 18 heavy (non-hydrogen) atoms. The number of nitrogens with zero attached hydrogens (tertiary/aromatic N) is 1. The number of hydrogen-bond acceptors (Lipinski definition) is 2. The van der Waals surface area contributed by atoms with Crippen LogP contribution in [0.5, 0.6) is 0 Å². The minimum atomic E-state index is -1.19. The molecule has 1 aromatic rings. The second-order valence-electron chi connectivity index (χ2n) is 3.96. The van der Waals surface area contributed by atoms with Gasteiger partial charge in [0.2, 0.25) is 0 Å². The lowest BCUT2D eigenvalue weighted by atomic mass is 10.4. The molecule has 0 fully saturated rings. The maximum absolute atomic E-state index is 12.1. The van der Waals surface area contributed by atoms with Gasteiger partial charge >= 0.3 is 0 Å². The lowest BCUT2D eigenvalue weighted by Gasteiger charge is -2.00. The Morgan fingerprint density at radius 2 is 2.28 bits per heavy atom. The van der Waals surface area contributed by atoms with Gasteiger partial charge in [0.25, 0.3) is 5.56 Å². The van der Waals surface area contributed by atoms with E-state index in [0.29, 0.717) is 22.1 Å². The number of nitrogens with one attached hydrogen (secondary N) is 1. The van der Waals surface area contributed by atoms with Gasteiger partial charge in [0, 0.05) is 29.5 Å². The third kappa shape index (κ3) is 3.11. The number of aromatic nitrogens is 2. The predicted octanol–water partition coefficient (Wildman–Crippen LogP) is 1.93. The minimum absolute atomic E-state index is 0.129. The average molecular weight is 285 g/mol. The summed E-state index contributed by atoms with van der Waals surface area (Å²) in [6, 6.07) is 1.46. The summed E-state index contributed by atoms with van der Waals surface area (Å²) in [6.45, 7) is 0. The largest absolute Gasteiger partial charge is 0.299 e. The van der Waals surface area contributed by atoms with Crippen molar-refractivity contribution in [3.05, 3.63) is 56.4 Å². The minimum Gasteiger partial charge on any atom is -0.299 e. The fourth-order valence-corrected chi connectivity index (χ4v) is 2.80. The van der Waals surface area contributed by atoms with E-state index in [9.17, 15) is 9.00 Å². The van der Waals surface area contributed by atoms with Gasteiger partial charge in [-0.25, -0.2) is 0 Å². The van der Waals surface area contributed by atoms with Crippen molar-refractivity contribution in [2.24, 2.45) is 7.05 Å². The van der Waals surface area contributed by atoms with Gasteiger partial charge in [0.05, 0.1) is 22.2 Å². The van der Waals surface area contributed by atoms with Crippen LogP contribution < -0.4 is 5.56 Å². The molecule has 0 saturated heterocycles. The van der Waals surface area contributed by atoms with Crippen LogP contribution in [0.3, 0.4) is 0 Å². The highest BCUT2D eigenvalue weighted by molar-refractivity contribution is 7.88. The van der Waals surface area contributed by atoms with E-state index >= 15 is 0 Å². The predicted molar refractivity (Wildman–Crippen MR) is 73.7 cm³/mol. The van der Waals surface area contributed by atoms with Crippen molar-refractivity contribution in [3.63, 3.8) is 0 Å². The Bertz CT molecular complexity index is 622. The molecule has 0 bridgehead atoms. The van der Waals surface area contributed by atoms with Crippen LogP contribution in [-0.2, 0) is 23.6 Å². The zero-order chi connectivity index (χ0) is 13.1. The van der Waals surface area contributed by atoms with Gasteiger partial charge in [-0.3, -0.25) is 18.8 Å². The first kappa shape index (κ1) is 13.1. The van der Waals surface area contributed by atoms with Crippen molar-refractivity contribution in [3.8, 4) is 0 Å². The Morgan fingerprint density at radius 3 is 2.94 bits per heavy atom. The van der Waals surface area contributed by atoms with E-state index in [4.69, 9.17) is 11.6 Å². The molecule has 1 aromatic heterocycles. The summed E-state index contributed by atoms with van der Waals surface area (Å²) in [5, 5.41) is 3.57.